The van der Waals surface area contributed by atoms with Gasteiger partial charge in [0.1, 0.15) is 0 Å². The smallest absolute Gasteiger partial charge is 0.216 e. The van der Waals surface area contributed by atoms with Crippen LogP contribution in [0.1, 0.15) is 13.8 Å². The molecule has 0 spiro atoms. The monoisotopic (exact) mass is 220 g/mol. The molecular weight excluding hydrogens is 200 g/mol. The van der Waals surface area contributed by atoms with E-state index in [1.807, 2.05) is 6.26 Å². The second kappa shape index (κ2) is 7.09. The largest absolute Gasteiger partial charge is 0.388 e. The highest BCUT2D eigenvalue weighted by molar-refractivity contribution is 7.98. The average Bonchev–Trinajstić information content (AvgIpc) is 2.02. The molecule has 1 atom stereocenters. The SMILES string of the molecule is CSCC(C)(O)CNCCNC(C)=O. The van der Waals surface area contributed by atoms with Gasteiger partial charge in [0.15, 0.2) is 0 Å². The van der Waals surface area contributed by atoms with E-state index in [0.29, 0.717) is 25.4 Å². The Balaban J connectivity index is 3.39. The molecule has 0 saturated carbocycles. The Kier molecular flexibility index (Phi) is 6.96. The molecular formula is C9H20N2O2S. The molecule has 14 heavy (non-hydrogen) atoms. The first-order valence-electron chi connectivity index (χ1n) is 4.64. The van der Waals surface area contributed by atoms with Crippen molar-refractivity contribution in [1.29, 1.82) is 0 Å². The molecule has 0 aliphatic rings. The van der Waals surface area contributed by atoms with E-state index in [9.17, 15) is 9.90 Å². The Morgan fingerprint density at radius 2 is 2.14 bits per heavy atom. The molecule has 0 aliphatic carbocycles. The van der Waals surface area contributed by atoms with Crippen LogP contribution in [-0.2, 0) is 4.79 Å². The fourth-order valence-corrected chi connectivity index (χ4v) is 1.77. The second-order valence-corrected chi connectivity index (χ2v) is 4.46. The zero-order valence-corrected chi connectivity index (χ0v) is 9.91. The van der Waals surface area contributed by atoms with Crippen molar-refractivity contribution >= 4 is 17.7 Å². The number of thioether (sulfide) groups is 1. The van der Waals surface area contributed by atoms with Crippen LogP contribution in [0.3, 0.4) is 0 Å². The van der Waals surface area contributed by atoms with Gasteiger partial charge in [0.05, 0.1) is 5.60 Å². The van der Waals surface area contributed by atoms with Gasteiger partial charge in [-0.3, -0.25) is 4.79 Å². The van der Waals surface area contributed by atoms with Crippen molar-refractivity contribution in [3.63, 3.8) is 0 Å². The second-order valence-electron chi connectivity index (χ2n) is 3.59. The van der Waals surface area contributed by atoms with Crippen molar-refractivity contribution in [2.24, 2.45) is 0 Å². The molecule has 5 heteroatoms. The zero-order chi connectivity index (χ0) is 11.0. The Morgan fingerprint density at radius 3 is 2.64 bits per heavy atom. The number of amides is 1. The fraction of sp³-hybridized carbons (Fsp3) is 0.889. The molecule has 0 aliphatic heterocycles. The summed E-state index contributed by atoms with van der Waals surface area (Å²) < 4.78 is 0. The minimum Gasteiger partial charge on any atom is -0.388 e. The average molecular weight is 220 g/mol. The molecule has 0 heterocycles. The molecule has 1 unspecified atom stereocenters. The lowest BCUT2D eigenvalue weighted by Crippen LogP contribution is -2.42. The molecule has 0 bridgehead atoms. The van der Waals surface area contributed by atoms with E-state index in [4.69, 9.17) is 0 Å². The van der Waals surface area contributed by atoms with Gasteiger partial charge in [0, 0.05) is 32.3 Å². The molecule has 4 nitrogen and oxygen atoms in total. The van der Waals surface area contributed by atoms with E-state index < -0.39 is 5.60 Å². The van der Waals surface area contributed by atoms with Crippen molar-refractivity contribution in [2.45, 2.75) is 19.4 Å². The van der Waals surface area contributed by atoms with Crippen LogP contribution in [0.5, 0.6) is 0 Å². The standard InChI is InChI=1S/C9H20N2O2S/c1-8(12)11-5-4-10-6-9(2,13)7-14-3/h10,13H,4-7H2,1-3H3,(H,11,12). The highest BCUT2D eigenvalue weighted by atomic mass is 32.2. The third-order valence-electron chi connectivity index (χ3n) is 1.64. The van der Waals surface area contributed by atoms with Gasteiger partial charge in [-0.25, -0.2) is 0 Å². The molecule has 0 aromatic heterocycles. The van der Waals surface area contributed by atoms with Crippen LogP contribution in [0.25, 0.3) is 0 Å². The van der Waals surface area contributed by atoms with Crippen molar-refractivity contribution in [3.8, 4) is 0 Å². The first kappa shape index (κ1) is 13.7. The molecule has 0 fully saturated rings. The number of hydrogen-bond acceptors (Lipinski definition) is 4. The van der Waals surface area contributed by atoms with E-state index in [1.165, 1.54) is 6.92 Å². The zero-order valence-electron chi connectivity index (χ0n) is 9.09. The van der Waals surface area contributed by atoms with Crippen molar-refractivity contribution in [3.05, 3.63) is 0 Å². The van der Waals surface area contributed by atoms with Crippen LogP contribution in [0.15, 0.2) is 0 Å². The number of carbonyl (C=O) groups excluding carboxylic acids is 1. The van der Waals surface area contributed by atoms with E-state index >= 15 is 0 Å². The Morgan fingerprint density at radius 1 is 1.50 bits per heavy atom. The van der Waals surface area contributed by atoms with Gasteiger partial charge < -0.3 is 15.7 Å². The predicted octanol–water partition coefficient (Wildman–Crippen LogP) is -0.174. The van der Waals surface area contributed by atoms with Crippen LogP contribution in [0.2, 0.25) is 0 Å². The fourth-order valence-electron chi connectivity index (χ4n) is 1.05. The summed E-state index contributed by atoms with van der Waals surface area (Å²) in [6.45, 7) is 5.13. The lowest BCUT2D eigenvalue weighted by atomic mass is 10.1. The summed E-state index contributed by atoms with van der Waals surface area (Å²) in [4.78, 5) is 10.5. The lowest BCUT2D eigenvalue weighted by molar-refractivity contribution is -0.118. The summed E-state index contributed by atoms with van der Waals surface area (Å²) in [5, 5.41) is 15.5. The minimum absolute atomic E-state index is 0.0253. The van der Waals surface area contributed by atoms with Gasteiger partial charge in [-0.05, 0) is 13.2 Å². The van der Waals surface area contributed by atoms with Crippen LogP contribution in [-0.4, -0.2) is 48.3 Å². The highest BCUT2D eigenvalue weighted by Crippen LogP contribution is 2.08. The summed E-state index contributed by atoms with van der Waals surface area (Å²) >= 11 is 1.62. The Labute approximate surface area is 89.8 Å². The number of aliphatic hydroxyl groups is 1. The first-order valence-corrected chi connectivity index (χ1v) is 6.04. The van der Waals surface area contributed by atoms with Crippen LogP contribution < -0.4 is 10.6 Å². The van der Waals surface area contributed by atoms with Gasteiger partial charge in [-0.1, -0.05) is 0 Å². The highest BCUT2D eigenvalue weighted by Gasteiger charge is 2.18. The lowest BCUT2D eigenvalue weighted by Gasteiger charge is -2.22. The van der Waals surface area contributed by atoms with E-state index in [0.717, 1.165) is 0 Å². The number of rotatable bonds is 7. The van der Waals surface area contributed by atoms with Crippen LogP contribution >= 0.6 is 11.8 Å². The van der Waals surface area contributed by atoms with Gasteiger partial charge in [0.2, 0.25) is 5.91 Å². The molecule has 3 N–H and O–H groups in total. The summed E-state index contributed by atoms with van der Waals surface area (Å²) in [7, 11) is 0. The summed E-state index contributed by atoms with van der Waals surface area (Å²) in [5.74, 6) is 0.683. The topological polar surface area (TPSA) is 61.4 Å². The third-order valence-corrected chi connectivity index (χ3v) is 2.55. The molecule has 0 aromatic carbocycles. The van der Waals surface area contributed by atoms with Gasteiger partial charge in [0.25, 0.3) is 0 Å². The minimum atomic E-state index is -0.671. The quantitative estimate of drug-likeness (QED) is 0.521. The number of carbonyl (C=O) groups is 1. The Hall–Kier alpha value is -0.260. The van der Waals surface area contributed by atoms with Gasteiger partial charge >= 0.3 is 0 Å². The number of hydrogen-bond donors (Lipinski definition) is 3. The van der Waals surface area contributed by atoms with Crippen molar-refractivity contribution in [2.75, 3.05) is 31.6 Å². The molecule has 0 saturated heterocycles. The summed E-state index contributed by atoms with van der Waals surface area (Å²) in [5.41, 5.74) is -0.671. The summed E-state index contributed by atoms with van der Waals surface area (Å²) in [6, 6.07) is 0. The van der Waals surface area contributed by atoms with Gasteiger partial charge in [-0.2, -0.15) is 11.8 Å². The molecule has 0 aromatic rings. The number of nitrogens with one attached hydrogen (secondary N) is 2. The van der Waals surface area contributed by atoms with E-state index in [1.54, 1.807) is 18.7 Å². The van der Waals surface area contributed by atoms with E-state index in [2.05, 4.69) is 10.6 Å². The Bertz CT molecular complexity index is 174. The maximum absolute atomic E-state index is 10.5. The van der Waals surface area contributed by atoms with Crippen molar-refractivity contribution < 1.29 is 9.90 Å². The molecule has 0 rings (SSSR count). The maximum atomic E-state index is 10.5. The molecule has 0 radical (unpaired) electrons. The van der Waals surface area contributed by atoms with Crippen LogP contribution in [0, 0.1) is 0 Å². The normalized spacial score (nSPS) is 14.9. The van der Waals surface area contributed by atoms with E-state index in [-0.39, 0.29) is 5.91 Å². The molecule has 84 valence electrons. The summed E-state index contributed by atoms with van der Waals surface area (Å²) in [6.07, 6.45) is 1.96. The predicted molar refractivity (Wildman–Crippen MR) is 60.6 cm³/mol. The molecule has 1 amide bonds. The van der Waals surface area contributed by atoms with Crippen LogP contribution in [0.4, 0.5) is 0 Å². The van der Waals surface area contributed by atoms with Crippen molar-refractivity contribution in [1.82, 2.24) is 10.6 Å². The third kappa shape index (κ3) is 8.34. The maximum Gasteiger partial charge on any atom is 0.216 e. The van der Waals surface area contributed by atoms with Gasteiger partial charge in [-0.15, -0.1) is 0 Å². The first-order chi connectivity index (χ1) is 6.48.